The maximum atomic E-state index is 12.9. The van der Waals surface area contributed by atoms with E-state index < -0.39 is 17.1 Å². The number of carbonyl (C=O) groups excluding carboxylic acids is 1. The molecule has 0 unspecified atom stereocenters. The molecule has 1 heterocycles. The Labute approximate surface area is 203 Å². The van der Waals surface area contributed by atoms with E-state index in [2.05, 4.69) is 26.2 Å². The quantitative estimate of drug-likeness (QED) is 0.387. The number of aryl methyl sites for hydroxylation is 2. The van der Waals surface area contributed by atoms with Crippen molar-refractivity contribution in [3.63, 3.8) is 0 Å². The highest BCUT2D eigenvalue weighted by Gasteiger charge is 2.22. The van der Waals surface area contributed by atoms with Gasteiger partial charge < -0.3 is 10.4 Å². The number of hydrogen-bond acceptors (Lipinski definition) is 6. The number of hydrogen-bond donors (Lipinski definition) is 2. The molecule has 172 valence electrons. The normalized spacial score (nSPS) is 11.5. The van der Waals surface area contributed by atoms with E-state index in [0.717, 1.165) is 36.5 Å². The zero-order valence-corrected chi connectivity index (χ0v) is 21.0. The predicted octanol–water partition coefficient (Wildman–Crippen LogP) is 3.62. The summed E-state index contributed by atoms with van der Waals surface area (Å²) in [7, 11) is 2.68. The summed E-state index contributed by atoms with van der Waals surface area (Å²) in [5.74, 6) is -0.878. The summed E-state index contributed by atoms with van der Waals surface area (Å²) in [6.45, 7) is 3.82. The number of carbonyl (C=O) groups is 1. The number of thioether (sulfide) groups is 1. The first kappa shape index (κ1) is 24.5. The minimum absolute atomic E-state index is 0.0643. The van der Waals surface area contributed by atoms with Crippen molar-refractivity contribution in [2.45, 2.75) is 13.8 Å². The molecule has 0 saturated heterocycles. The Balaban J connectivity index is 1.97. The number of nitrogens with one attached hydrogen (secondary N) is 1. The van der Waals surface area contributed by atoms with Crippen molar-refractivity contribution in [1.82, 2.24) is 9.13 Å². The summed E-state index contributed by atoms with van der Waals surface area (Å²) in [5.41, 5.74) is 1.62. The van der Waals surface area contributed by atoms with Crippen LogP contribution in [0.25, 0.3) is 0 Å². The lowest BCUT2D eigenvalue weighted by atomic mass is 10.2. The molecule has 0 fully saturated rings. The van der Waals surface area contributed by atoms with Gasteiger partial charge in [0.1, 0.15) is 10.6 Å². The first-order chi connectivity index (χ1) is 15.6. The van der Waals surface area contributed by atoms with Crippen LogP contribution in [0.4, 0.5) is 11.4 Å². The zero-order chi connectivity index (χ0) is 24.3. The van der Waals surface area contributed by atoms with E-state index in [-0.39, 0.29) is 22.3 Å². The van der Waals surface area contributed by atoms with Gasteiger partial charge in [0, 0.05) is 24.3 Å². The summed E-state index contributed by atoms with van der Waals surface area (Å²) in [6, 6.07) is 12.7. The van der Waals surface area contributed by atoms with E-state index in [1.54, 1.807) is 12.1 Å². The van der Waals surface area contributed by atoms with Crippen LogP contribution in [0.2, 0.25) is 0 Å². The number of rotatable bonds is 5. The van der Waals surface area contributed by atoms with Crippen LogP contribution in [-0.4, -0.2) is 30.9 Å². The molecular weight excluding hydrogens is 508 g/mol. The Morgan fingerprint density at radius 2 is 1.85 bits per heavy atom. The highest BCUT2D eigenvalue weighted by molar-refractivity contribution is 9.10. The highest BCUT2D eigenvalue weighted by atomic mass is 79.9. The van der Waals surface area contributed by atoms with Gasteiger partial charge in [0.2, 0.25) is 11.8 Å². The molecule has 1 aromatic heterocycles. The molecule has 0 radical (unpaired) electrons. The van der Waals surface area contributed by atoms with Crippen LogP contribution >= 0.6 is 27.7 Å². The number of halogens is 1. The van der Waals surface area contributed by atoms with Crippen LogP contribution in [0.1, 0.15) is 16.7 Å². The summed E-state index contributed by atoms with van der Waals surface area (Å²) in [6.07, 6.45) is 0. The average Bonchev–Trinajstić information content (AvgIpc) is 2.77. The first-order valence-electron chi connectivity index (χ1n) is 9.92. The predicted molar refractivity (Wildman–Crippen MR) is 136 cm³/mol. The Morgan fingerprint density at radius 3 is 2.52 bits per heavy atom. The Hall–Kier alpha value is -3.11. The van der Waals surface area contributed by atoms with Crippen molar-refractivity contribution in [2.24, 2.45) is 19.1 Å². The number of aromatic nitrogens is 2. The molecule has 0 saturated carbocycles. The van der Waals surface area contributed by atoms with Crippen LogP contribution in [0, 0.1) is 13.8 Å². The highest BCUT2D eigenvalue weighted by Crippen LogP contribution is 2.24. The van der Waals surface area contributed by atoms with Crippen molar-refractivity contribution in [3.05, 3.63) is 84.5 Å². The number of anilines is 1. The third kappa shape index (κ3) is 5.63. The number of nitrogens with zero attached hydrogens (tertiary/aromatic N) is 3. The Kier molecular flexibility index (Phi) is 7.60. The van der Waals surface area contributed by atoms with Crippen LogP contribution in [-0.2, 0) is 18.9 Å². The molecule has 0 atom stereocenters. The summed E-state index contributed by atoms with van der Waals surface area (Å²) in [5, 5.41) is 13.5. The molecule has 2 N–H and O–H groups in total. The molecule has 8 nitrogen and oxygen atoms in total. The number of amides is 1. The van der Waals surface area contributed by atoms with Gasteiger partial charge in [-0.15, -0.1) is 0 Å². The monoisotopic (exact) mass is 530 g/mol. The zero-order valence-electron chi connectivity index (χ0n) is 18.5. The third-order valence-electron chi connectivity index (χ3n) is 4.86. The lowest BCUT2D eigenvalue weighted by Gasteiger charge is -2.13. The molecule has 33 heavy (non-hydrogen) atoms. The second-order valence-corrected chi connectivity index (χ2v) is 9.28. The fraction of sp³-hybridized carbons (Fsp3) is 0.217. The van der Waals surface area contributed by atoms with E-state index in [0.29, 0.717) is 11.4 Å². The number of aliphatic imine (C=N–C) groups is 1. The molecule has 0 aliphatic carbocycles. The van der Waals surface area contributed by atoms with E-state index in [4.69, 9.17) is 0 Å². The van der Waals surface area contributed by atoms with Crippen LogP contribution in [0.3, 0.4) is 0 Å². The van der Waals surface area contributed by atoms with Gasteiger partial charge in [0.05, 0.1) is 11.4 Å². The molecule has 0 spiro atoms. The largest absolute Gasteiger partial charge is 0.494 e. The SMILES string of the molecule is Cc1cccc(N=C(SCC(=O)Nc2ccc(Br)c(C)c2)c2c(O)n(C)c(=O)n(C)c2=O)c1. The van der Waals surface area contributed by atoms with Crippen LogP contribution < -0.4 is 16.6 Å². The van der Waals surface area contributed by atoms with Gasteiger partial charge in [-0.3, -0.25) is 18.7 Å². The molecule has 3 rings (SSSR count). The Morgan fingerprint density at radius 1 is 1.12 bits per heavy atom. The molecule has 10 heteroatoms. The van der Waals surface area contributed by atoms with Gasteiger partial charge in [-0.2, -0.15) is 0 Å². The molecule has 2 aromatic carbocycles. The van der Waals surface area contributed by atoms with Crippen molar-refractivity contribution in [2.75, 3.05) is 11.1 Å². The lowest BCUT2D eigenvalue weighted by Crippen LogP contribution is -2.39. The maximum Gasteiger partial charge on any atom is 0.333 e. The summed E-state index contributed by atoms with van der Waals surface area (Å²) in [4.78, 5) is 42.2. The summed E-state index contributed by atoms with van der Waals surface area (Å²) < 4.78 is 2.79. The fourth-order valence-corrected chi connectivity index (χ4v) is 4.13. The number of benzene rings is 2. The molecular formula is C23H23BrN4O4S. The molecule has 3 aromatic rings. The van der Waals surface area contributed by atoms with Gasteiger partial charge in [0.25, 0.3) is 5.56 Å². The lowest BCUT2D eigenvalue weighted by molar-refractivity contribution is -0.113. The molecule has 0 aliphatic rings. The third-order valence-corrected chi connectivity index (χ3v) is 6.73. The summed E-state index contributed by atoms with van der Waals surface area (Å²) >= 11 is 4.43. The smallest absolute Gasteiger partial charge is 0.333 e. The van der Waals surface area contributed by atoms with Crippen molar-refractivity contribution >= 4 is 50.0 Å². The van der Waals surface area contributed by atoms with E-state index in [1.165, 1.54) is 14.1 Å². The van der Waals surface area contributed by atoms with Gasteiger partial charge >= 0.3 is 5.69 Å². The Bertz CT molecular complexity index is 1380. The molecule has 1 amide bonds. The molecule has 0 bridgehead atoms. The van der Waals surface area contributed by atoms with Gasteiger partial charge in [-0.25, -0.2) is 9.79 Å². The maximum absolute atomic E-state index is 12.9. The number of aromatic hydroxyl groups is 1. The fourth-order valence-electron chi connectivity index (χ4n) is 3.05. The van der Waals surface area contributed by atoms with Crippen molar-refractivity contribution in [3.8, 4) is 5.88 Å². The standard InChI is InChI=1S/C23H23BrN4O4S/c1-13-6-5-7-15(10-13)26-20(19-21(30)27(3)23(32)28(4)22(19)31)33-12-18(29)25-16-8-9-17(24)14(2)11-16/h5-11,30H,12H2,1-4H3,(H,25,29). The first-order valence-corrected chi connectivity index (χ1v) is 11.7. The van der Waals surface area contributed by atoms with Gasteiger partial charge in [-0.05, 0) is 55.3 Å². The van der Waals surface area contributed by atoms with Crippen LogP contribution in [0.15, 0.2) is 61.5 Å². The van der Waals surface area contributed by atoms with E-state index in [1.807, 2.05) is 44.2 Å². The van der Waals surface area contributed by atoms with E-state index >= 15 is 0 Å². The molecule has 0 aliphatic heterocycles. The van der Waals surface area contributed by atoms with Crippen molar-refractivity contribution in [1.29, 1.82) is 0 Å². The second-order valence-electron chi connectivity index (χ2n) is 7.46. The van der Waals surface area contributed by atoms with Crippen molar-refractivity contribution < 1.29 is 9.90 Å². The minimum Gasteiger partial charge on any atom is -0.494 e. The topological polar surface area (TPSA) is 106 Å². The minimum atomic E-state index is -0.696. The van der Waals surface area contributed by atoms with E-state index in [9.17, 15) is 19.5 Å². The second kappa shape index (κ2) is 10.2. The van der Waals surface area contributed by atoms with Crippen LogP contribution in [0.5, 0.6) is 5.88 Å². The van der Waals surface area contributed by atoms with Gasteiger partial charge in [-0.1, -0.05) is 39.8 Å². The van der Waals surface area contributed by atoms with Gasteiger partial charge in [0.15, 0.2) is 0 Å². The average molecular weight is 531 g/mol.